The van der Waals surface area contributed by atoms with Crippen LogP contribution in [0.4, 0.5) is 13.2 Å². The second kappa shape index (κ2) is 4.26. The second-order valence-electron chi connectivity index (χ2n) is 2.96. The molecule has 0 aliphatic rings. The Hall–Kier alpha value is -1.97. The Balaban J connectivity index is 3.15. The molecule has 0 spiro atoms. The maximum Gasteiger partial charge on any atom is 0.574 e. The van der Waals surface area contributed by atoms with Gasteiger partial charge in [0.1, 0.15) is 0 Å². The van der Waals surface area contributed by atoms with Gasteiger partial charge in [-0.3, -0.25) is 0 Å². The first kappa shape index (κ1) is 12.1. The summed E-state index contributed by atoms with van der Waals surface area (Å²) in [4.78, 5) is 3.40. The zero-order chi connectivity index (χ0) is 12.3. The van der Waals surface area contributed by atoms with Gasteiger partial charge in [0, 0.05) is 11.3 Å². The highest BCUT2D eigenvalue weighted by Gasteiger charge is 2.33. The van der Waals surface area contributed by atoms with Crippen molar-refractivity contribution in [3.63, 3.8) is 0 Å². The van der Waals surface area contributed by atoms with Gasteiger partial charge >= 0.3 is 6.36 Å². The van der Waals surface area contributed by atoms with Crippen molar-refractivity contribution in [1.82, 2.24) is 4.98 Å². The fraction of sp³-hybridized carbons (Fsp3) is 0.333. The summed E-state index contributed by atoms with van der Waals surface area (Å²) in [5.41, 5.74) is 0.275. The molecule has 1 N–H and O–H groups in total. The summed E-state index contributed by atoms with van der Waals surface area (Å²) in [5, 5.41) is 17.8. The SMILES string of the molecule is Cc1cc(CC#N)c(O)c(OC(F)(F)F)n1. The average molecular weight is 232 g/mol. The minimum atomic E-state index is -4.93. The molecule has 0 aromatic carbocycles. The summed E-state index contributed by atoms with van der Waals surface area (Å²) in [7, 11) is 0. The highest BCUT2D eigenvalue weighted by atomic mass is 19.4. The molecule has 0 fully saturated rings. The van der Waals surface area contributed by atoms with E-state index in [2.05, 4.69) is 9.72 Å². The van der Waals surface area contributed by atoms with Crippen molar-refractivity contribution in [3.8, 4) is 17.7 Å². The quantitative estimate of drug-likeness (QED) is 0.847. The van der Waals surface area contributed by atoms with E-state index in [0.717, 1.165) is 0 Å². The number of ether oxygens (including phenoxy) is 1. The van der Waals surface area contributed by atoms with Gasteiger partial charge in [-0.15, -0.1) is 13.2 Å². The van der Waals surface area contributed by atoms with Gasteiger partial charge in [-0.05, 0) is 13.0 Å². The third kappa shape index (κ3) is 3.02. The van der Waals surface area contributed by atoms with Crippen LogP contribution in [0.25, 0.3) is 0 Å². The number of nitriles is 1. The summed E-state index contributed by atoms with van der Waals surface area (Å²) in [6.07, 6.45) is -5.15. The molecule has 0 aliphatic heterocycles. The summed E-state index contributed by atoms with van der Waals surface area (Å²) < 4.78 is 39.3. The minimum absolute atomic E-state index is 0.0502. The largest absolute Gasteiger partial charge is 0.574 e. The number of alkyl halides is 3. The highest BCUT2D eigenvalue weighted by Crippen LogP contribution is 2.32. The lowest BCUT2D eigenvalue weighted by atomic mass is 10.1. The van der Waals surface area contributed by atoms with Crippen LogP contribution in [0.2, 0.25) is 0 Å². The van der Waals surface area contributed by atoms with E-state index in [1.165, 1.54) is 13.0 Å². The topological polar surface area (TPSA) is 66.1 Å². The lowest BCUT2D eigenvalue weighted by Gasteiger charge is -2.11. The van der Waals surface area contributed by atoms with Crippen molar-refractivity contribution in [2.75, 3.05) is 0 Å². The fourth-order valence-corrected chi connectivity index (χ4v) is 1.10. The molecule has 1 aromatic heterocycles. The second-order valence-corrected chi connectivity index (χ2v) is 2.96. The number of nitrogens with zero attached hydrogens (tertiary/aromatic N) is 2. The molecule has 1 rings (SSSR count). The number of aromatic hydroxyl groups is 1. The van der Waals surface area contributed by atoms with Gasteiger partial charge in [0.2, 0.25) is 0 Å². The molecule has 86 valence electrons. The van der Waals surface area contributed by atoms with Gasteiger partial charge in [-0.1, -0.05) is 0 Å². The Kier molecular flexibility index (Phi) is 3.22. The Morgan fingerprint density at radius 3 is 2.69 bits per heavy atom. The van der Waals surface area contributed by atoms with Gasteiger partial charge in [0.05, 0.1) is 12.5 Å². The predicted octanol–water partition coefficient (Wildman–Crippen LogP) is 2.06. The monoisotopic (exact) mass is 232 g/mol. The van der Waals surface area contributed by atoms with Crippen LogP contribution in [0.1, 0.15) is 11.3 Å². The van der Waals surface area contributed by atoms with Crippen molar-refractivity contribution in [2.45, 2.75) is 19.7 Å². The Labute approximate surface area is 88.9 Å². The number of halogens is 3. The van der Waals surface area contributed by atoms with Gasteiger partial charge < -0.3 is 9.84 Å². The van der Waals surface area contributed by atoms with Crippen LogP contribution in [0.5, 0.6) is 11.6 Å². The van der Waals surface area contributed by atoms with Gasteiger partial charge in [-0.2, -0.15) is 5.26 Å². The van der Waals surface area contributed by atoms with Crippen molar-refractivity contribution >= 4 is 0 Å². The first-order valence-electron chi connectivity index (χ1n) is 4.15. The van der Waals surface area contributed by atoms with Crippen molar-refractivity contribution in [3.05, 3.63) is 17.3 Å². The van der Waals surface area contributed by atoms with Gasteiger partial charge in [-0.25, -0.2) is 4.98 Å². The summed E-state index contributed by atoms with van der Waals surface area (Å²) in [6, 6.07) is 3.04. The van der Waals surface area contributed by atoms with E-state index in [1.54, 1.807) is 6.07 Å². The number of aromatic nitrogens is 1. The molecule has 4 nitrogen and oxygen atoms in total. The summed E-state index contributed by atoms with van der Waals surface area (Å²) >= 11 is 0. The number of hydrogen-bond acceptors (Lipinski definition) is 4. The van der Waals surface area contributed by atoms with Crippen LogP contribution in [0, 0.1) is 18.3 Å². The third-order valence-electron chi connectivity index (χ3n) is 1.65. The molecule has 16 heavy (non-hydrogen) atoms. The molecular formula is C9H7F3N2O2. The van der Waals surface area contributed by atoms with E-state index in [4.69, 9.17) is 5.26 Å². The summed E-state index contributed by atoms with van der Waals surface area (Å²) in [5.74, 6) is -1.69. The average Bonchev–Trinajstić information content (AvgIpc) is 2.11. The molecule has 1 aromatic rings. The molecule has 0 saturated carbocycles. The smallest absolute Gasteiger partial charge is 0.503 e. The highest BCUT2D eigenvalue weighted by molar-refractivity contribution is 5.43. The van der Waals surface area contributed by atoms with Crippen LogP contribution < -0.4 is 4.74 Å². The van der Waals surface area contributed by atoms with E-state index >= 15 is 0 Å². The molecule has 1 heterocycles. The van der Waals surface area contributed by atoms with Gasteiger partial charge in [0.15, 0.2) is 5.75 Å². The van der Waals surface area contributed by atoms with E-state index in [-0.39, 0.29) is 17.7 Å². The summed E-state index contributed by atoms with van der Waals surface area (Å²) in [6.45, 7) is 1.43. The molecule has 7 heteroatoms. The molecule has 0 bridgehead atoms. The Morgan fingerprint density at radius 2 is 2.19 bits per heavy atom. The normalized spacial score (nSPS) is 10.9. The lowest BCUT2D eigenvalue weighted by molar-refractivity contribution is -0.276. The first-order valence-corrected chi connectivity index (χ1v) is 4.15. The van der Waals surface area contributed by atoms with E-state index in [1.807, 2.05) is 0 Å². The molecule has 0 unspecified atom stereocenters. The van der Waals surface area contributed by atoms with E-state index in [0.29, 0.717) is 0 Å². The molecule has 0 amide bonds. The first-order chi connectivity index (χ1) is 7.33. The zero-order valence-corrected chi connectivity index (χ0v) is 8.17. The number of hydrogen-bond donors (Lipinski definition) is 1. The van der Waals surface area contributed by atoms with Crippen molar-refractivity contribution in [1.29, 1.82) is 5.26 Å². The molecule has 0 radical (unpaired) electrons. The van der Waals surface area contributed by atoms with Crippen LogP contribution in [0.15, 0.2) is 6.07 Å². The molecule has 0 aliphatic carbocycles. The van der Waals surface area contributed by atoms with Crippen molar-refractivity contribution in [2.24, 2.45) is 0 Å². The molecule has 0 atom stereocenters. The predicted molar refractivity (Wildman–Crippen MR) is 46.6 cm³/mol. The minimum Gasteiger partial charge on any atom is -0.503 e. The number of rotatable bonds is 2. The van der Waals surface area contributed by atoms with Gasteiger partial charge in [0.25, 0.3) is 5.88 Å². The third-order valence-corrected chi connectivity index (χ3v) is 1.65. The van der Waals surface area contributed by atoms with Crippen LogP contribution in [-0.2, 0) is 6.42 Å². The van der Waals surface area contributed by atoms with Crippen LogP contribution in [-0.4, -0.2) is 16.5 Å². The standard InChI is InChI=1S/C9H7F3N2O2/c1-5-4-6(2-3-13)7(15)8(14-5)16-9(10,11)12/h4,15H,2H2,1H3. The lowest BCUT2D eigenvalue weighted by Crippen LogP contribution is -2.18. The Morgan fingerprint density at radius 1 is 1.56 bits per heavy atom. The van der Waals surface area contributed by atoms with Crippen LogP contribution >= 0.6 is 0 Å². The zero-order valence-electron chi connectivity index (χ0n) is 8.17. The molecule has 0 saturated heterocycles. The number of pyridine rings is 1. The Bertz CT molecular complexity index is 438. The maximum atomic E-state index is 11.9. The van der Waals surface area contributed by atoms with Crippen LogP contribution in [0.3, 0.4) is 0 Å². The molecular weight excluding hydrogens is 225 g/mol. The number of aryl methyl sites for hydroxylation is 1. The van der Waals surface area contributed by atoms with Crippen molar-refractivity contribution < 1.29 is 23.0 Å². The van der Waals surface area contributed by atoms with E-state index in [9.17, 15) is 18.3 Å². The van der Waals surface area contributed by atoms with E-state index < -0.39 is 18.0 Å². The maximum absolute atomic E-state index is 11.9. The fourth-order valence-electron chi connectivity index (χ4n) is 1.10.